The summed E-state index contributed by atoms with van der Waals surface area (Å²) in [6.07, 6.45) is 0. The Kier molecular flexibility index (Phi) is 6.47. The van der Waals surface area contributed by atoms with Gasteiger partial charge in [0, 0.05) is 10.4 Å². The lowest BCUT2D eigenvalue weighted by Gasteiger charge is -2.18. The van der Waals surface area contributed by atoms with Crippen LogP contribution in [-0.4, -0.2) is 19.0 Å². The number of methoxy groups -OCH3 is 1. The minimum atomic E-state index is -0.509. The van der Waals surface area contributed by atoms with Gasteiger partial charge in [-0.05, 0) is 23.6 Å². The van der Waals surface area contributed by atoms with Crippen molar-refractivity contribution in [2.45, 2.75) is 12.8 Å². The zero-order valence-corrected chi connectivity index (χ0v) is 18.7. The third-order valence-corrected chi connectivity index (χ3v) is 6.32. The lowest BCUT2D eigenvalue weighted by Crippen LogP contribution is -2.23. The second-order valence-corrected chi connectivity index (χ2v) is 8.56. The molecule has 0 fully saturated rings. The van der Waals surface area contributed by atoms with Crippen LogP contribution in [-0.2, 0) is 9.53 Å². The Morgan fingerprint density at radius 3 is 1.81 bits per heavy atom. The highest BCUT2D eigenvalue weighted by atomic mass is 32.1. The number of rotatable bonds is 6. The Morgan fingerprint density at radius 2 is 1.31 bits per heavy atom. The van der Waals surface area contributed by atoms with Gasteiger partial charge in [0.15, 0.2) is 0 Å². The van der Waals surface area contributed by atoms with Crippen molar-refractivity contribution < 1.29 is 14.3 Å². The molecule has 1 amide bonds. The number of thiophene rings is 1. The van der Waals surface area contributed by atoms with Gasteiger partial charge >= 0.3 is 5.97 Å². The van der Waals surface area contributed by atoms with E-state index in [-0.39, 0.29) is 5.91 Å². The molecule has 4 nitrogen and oxygen atoms in total. The number of ether oxygens (including phenoxy) is 1. The molecule has 0 aliphatic heterocycles. The van der Waals surface area contributed by atoms with Gasteiger partial charge in [-0.15, -0.1) is 11.3 Å². The highest BCUT2D eigenvalue weighted by molar-refractivity contribution is 7.17. The average Bonchev–Trinajstić information content (AvgIpc) is 3.16. The summed E-state index contributed by atoms with van der Waals surface area (Å²) in [5.41, 5.74) is 3.84. The largest absolute Gasteiger partial charge is 0.465 e. The van der Waals surface area contributed by atoms with E-state index in [1.165, 1.54) is 18.4 Å². The van der Waals surface area contributed by atoms with E-state index in [2.05, 4.69) is 5.32 Å². The molecule has 1 heterocycles. The van der Waals surface area contributed by atoms with Crippen molar-refractivity contribution in [3.8, 4) is 11.1 Å². The number of amides is 1. The molecule has 0 atom stereocenters. The SMILES string of the molecule is COC(=O)c1c(NC(=O)C(c2ccccc2)c2ccccc2)sc(C)c1-c1ccccc1. The number of esters is 1. The third-order valence-electron chi connectivity index (χ3n) is 5.30. The molecule has 0 spiro atoms. The molecule has 32 heavy (non-hydrogen) atoms. The number of carbonyl (C=O) groups excluding carboxylic acids is 2. The summed E-state index contributed by atoms with van der Waals surface area (Å²) in [5, 5.41) is 3.53. The lowest BCUT2D eigenvalue weighted by atomic mass is 9.90. The maximum atomic E-state index is 13.6. The Morgan fingerprint density at radius 1 is 0.812 bits per heavy atom. The molecule has 0 saturated heterocycles. The molecule has 0 aliphatic rings. The van der Waals surface area contributed by atoms with Gasteiger partial charge in [0.2, 0.25) is 5.91 Å². The van der Waals surface area contributed by atoms with Gasteiger partial charge in [-0.25, -0.2) is 4.79 Å². The predicted octanol–water partition coefficient (Wildman–Crippen LogP) is 6.28. The van der Waals surface area contributed by atoms with Gasteiger partial charge in [0.25, 0.3) is 0 Å². The van der Waals surface area contributed by atoms with E-state index >= 15 is 0 Å². The first-order valence-corrected chi connectivity index (χ1v) is 11.1. The van der Waals surface area contributed by atoms with Crippen LogP contribution in [0.25, 0.3) is 11.1 Å². The fourth-order valence-electron chi connectivity index (χ4n) is 3.85. The fourth-order valence-corrected chi connectivity index (χ4v) is 4.92. The molecular weight excluding hydrogens is 418 g/mol. The van der Waals surface area contributed by atoms with Crippen molar-refractivity contribution in [2.75, 3.05) is 12.4 Å². The van der Waals surface area contributed by atoms with Crippen LogP contribution in [0.1, 0.15) is 32.3 Å². The molecule has 0 saturated carbocycles. The van der Waals surface area contributed by atoms with E-state index in [1.54, 1.807) is 0 Å². The molecular formula is C27H23NO3S. The van der Waals surface area contributed by atoms with Crippen LogP contribution in [0.2, 0.25) is 0 Å². The van der Waals surface area contributed by atoms with E-state index in [0.717, 1.165) is 27.1 Å². The normalized spacial score (nSPS) is 10.7. The summed E-state index contributed by atoms with van der Waals surface area (Å²) >= 11 is 1.38. The van der Waals surface area contributed by atoms with Crippen molar-refractivity contribution in [3.63, 3.8) is 0 Å². The molecule has 5 heteroatoms. The quantitative estimate of drug-likeness (QED) is 0.358. The smallest absolute Gasteiger partial charge is 0.341 e. The van der Waals surface area contributed by atoms with Crippen LogP contribution in [0.15, 0.2) is 91.0 Å². The lowest BCUT2D eigenvalue weighted by molar-refractivity contribution is -0.116. The molecule has 0 bridgehead atoms. The zero-order valence-electron chi connectivity index (χ0n) is 17.9. The van der Waals surface area contributed by atoms with E-state index in [4.69, 9.17) is 4.74 Å². The number of hydrogen-bond donors (Lipinski definition) is 1. The fraction of sp³-hybridized carbons (Fsp3) is 0.111. The number of hydrogen-bond acceptors (Lipinski definition) is 4. The second-order valence-electron chi connectivity index (χ2n) is 7.34. The third kappa shape index (κ3) is 4.34. The molecule has 0 aliphatic carbocycles. The molecule has 1 N–H and O–H groups in total. The van der Waals surface area contributed by atoms with Gasteiger partial charge in [-0.2, -0.15) is 0 Å². The van der Waals surface area contributed by atoms with E-state index < -0.39 is 11.9 Å². The van der Waals surface area contributed by atoms with Crippen LogP contribution in [0.4, 0.5) is 5.00 Å². The summed E-state index contributed by atoms with van der Waals surface area (Å²) in [6.45, 7) is 1.95. The highest BCUT2D eigenvalue weighted by Gasteiger charge is 2.28. The van der Waals surface area contributed by atoms with Crippen LogP contribution < -0.4 is 5.32 Å². The van der Waals surface area contributed by atoms with Gasteiger partial charge < -0.3 is 10.1 Å². The van der Waals surface area contributed by atoms with Crippen molar-refractivity contribution >= 4 is 28.2 Å². The summed E-state index contributed by atoms with van der Waals surface area (Å²) < 4.78 is 5.08. The van der Waals surface area contributed by atoms with Gasteiger partial charge in [0.1, 0.15) is 10.6 Å². The standard InChI is InChI=1S/C27H23NO3S/c1-18-22(19-12-6-3-7-13-19)24(27(30)31-2)26(32-18)28-25(29)23(20-14-8-4-9-15-20)21-16-10-5-11-17-21/h3-17,23H,1-2H3,(H,28,29). The molecule has 4 aromatic rings. The van der Waals surface area contributed by atoms with Crippen LogP contribution >= 0.6 is 11.3 Å². The molecule has 1 aromatic heterocycles. The second kappa shape index (κ2) is 9.62. The van der Waals surface area contributed by atoms with Crippen molar-refractivity contribution in [1.29, 1.82) is 0 Å². The van der Waals surface area contributed by atoms with Crippen molar-refractivity contribution in [1.82, 2.24) is 0 Å². The minimum Gasteiger partial charge on any atom is -0.465 e. The summed E-state index contributed by atoms with van der Waals surface area (Å²) in [4.78, 5) is 27.3. The predicted molar refractivity (Wildman–Crippen MR) is 129 cm³/mol. The maximum absolute atomic E-state index is 13.6. The van der Waals surface area contributed by atoms with E-state index in [0.29, 0.717) is 10.6 Å². The van der Waals surface area contributed by atoms with Crippen molar-refractivity contribution in [3.05, 3.63) is 113 Å². The van der Waals surface area contributed by atoms with Gasteiger partial charge in [-0.1, -0.05) is 91.0 Å². The number of carbonyl (C=O) groups is 2. The first-order chi connectivity index (χ1) is 15.6. The monoisotopic (exact) mass is 441 g/mol. The van der Waals surface area contributed by atoms with E-state index in [1.807, 2.05) is 97.9 Å². The van der Waals surface area contributed by atoms with Crippen LogP contribution in [0.5, 0.6) is 0 Å². The number of benzene rings is 3. The zero-order chi connectivity index (χ0) is 22.5. The highest BCUT2D eigenvalue weighted by Crippen LogP contribution is 2.41. The number of anilines is 1. The molecule has 3 aromatic carbocycles. The minimum absolute atomic E-state index is 0.201. The first-order valence-electron chi connectivity index (χ1n) is 10.3. The van der Waals surface area contributed by atoms with Gasteiger partial charge in [-0.3, -0.25) is 4.79 Å². The summed E-state index contributed by atoms with van der Waals surface area (Å²) in [7, 11) is 1.35. The summed E-state index contributed by atoms with van der Waals surface area (Å²) in [5.74, 6) is -1.18. The van der Waals surface area contributed by atoms with Crippen molar-refractivity contribution in [2.24, 2.45) is 0 Å². The number of nitrogens with one attached hydrogen (secondary N) is 1. The summed E-state index contributed by atoms with van der Waals surface area (Å²) in [6, 6.07) is 28.9. The maximum Gasteiger partial charge on any atom is 0.341 e. The Labute approximate surface area is 191 Å². The van der Waals surface area contributed by atoms with Crippen LogP contribution in [0, 0.1) is 6.92 Å². The number of aryl methyl sites for hydroxylation is 1. The average molecular weight is 442 g/mol. The van der Waals surface area contributed by atoms with Gasteiger partial charge in [0.05, 0.1) is 13.0 Å². The molecule has 0 unspecified atom stereocenters. The Balaban J connectivity index is 1.77. The topological polar surface area (TPSA) is 55.4 Å². The first kappa shape index (κ1) is 21.5. The van der Waals surface area contributed by atoms with Crippen LogP contribution in [0.3, 0.4) is 0 Å². The molecule has 4 rings (SSSR count). The Bertz CT molecular complexity index is 1180. The molecule has 0 radical (unpaired) electrons. The van der Waals surface area contributed by atoms with E-state index in [9.17, 15) is 9.59 Å². The Hall–Kier alpha value is -3.70. The molecule has 160 valence electrons.